The molecule has 1 unspecified atom stereocenters. The first-order valence-electron chi connectivity index (χ1n) is 8.18. The van der Waals surface area contributed by atoms with Crippen LogP contribution in [0.5, 0.6) is 5.75 Å². The fourth-order valence-corrected chi connectivity index (χ4v) is 2.12. The van der Waals surface area contributed by atoms with Gasteiger partial charge in [0, 0.05) is 18.3 Å². The Morgan fingerprint density at radius 3 is 2.50 bits per heavy atom. The van der Waals surface area contributed by atoms with Crippen molar-refractivity contribution in [2.45, 2.75) is 32.9 Å². The summed E-state index contributed by atoms with van der Waals surface area (Å²) in [6.45, 7) is 3.75. The number of carbonyl (C=O) groups excluding carboxylic acids is 2. The van der Waals surface area contributed by atoms with E-state index < -0.39 is 18.0 Å². The standard InChI is InChI=1S/C18H21N3O5/c1-4-11-21-16(22)10-9-15(20-21)18(24)26-12(2)17(23)19-13-5-7-14(25-3)8-6-13/h5-10,12H,4,11H2,1-3H3,(H,19,23). The molecule has 8 nitrogen and oxygen atoms in total. The zero-order valence-electron chi connectivity index (χ0n) is 14.9. The van der Waals surface area contributed by atoms with Gasteiger partial charge in [-0.1, -0.05) is 6.92 Å². The summed E-state index contributed by atoms with van der Waals surface area (Å²) in [7, 11) is 1.55. The maximum atomic E-state index is 12.2. The van der Waals surface area contributed by atoms with E-state index in [0.29, 0.717) is 24.4 Å². The Kier molecular flexibility index (Phi) is 6.48. The van der Waals surface area contributed by atoms with Crippen LogP contribution in [0.15, 0.2) is 41.2 Å². The molecule has 1 aromatic carbocycles. The summed E-state index contributed by atoms with van der Waals surface area (Å²) >= 11 is 0. The van der Waals surface area contributed by atoms with Crippen molar-refractivity contribution in [3.05, 3.63) is 52.4 Å². The number of hydrogen-bond acceptors (Lipinski definition) is 6. The molecule has 2 aromatic rings. The molecule has 26 heavy (non-hydrogen) atoms. The number of nitrogens with one attached hydrogen (secondary N) is 1. The Morgan fingerprint density at radius 1 is 1.19 bits per heavy atom. The number of rotatable bonds is 7. The van der Waals surface area contributed by atoms with Crippen LogP contribution >= 0.6 is 0 Å². The normalized spacial score (nSPS) is 11.5. The molecule has 8 heteroatoms. The summed E-state index contributed by atoms with van der Waals surface area (Å²) < 4.78 is 11.4. The molecule has 0 saturated carbocycles. The van der Waals surface area contributed by atoms with Gasteiger partial charge >= 0.3 is 5.97 Å². The molecule has 0 spiro atoms. The predicted octanol–water partition coefficient (Wildman–Crippen LogP) is 1.85. The SMILES string of the molecule is CCCn1nc(C(=O)OC(C)C(=O)Nc2ccc(OC)cc2)ccc1=O. The van der Waals surface area contributed by atoms with E-state index in [1.54, 1.807) is 31.4 Å². The van der Waals surface area contributed by atoms with E-state index in [9.17, 15) is 14.4 Å². The van der Waals surface area contributed by atoms with Crippen LogP contribution in [-0.4, -0.2) is 34.9 Å². The van der Waals surface area contributed by atoms with E-state index in [4.69, 9.17) is 9.47 Å². The van der Waals surface area contributed by atoms with Gasteiger partial charge in [-0.2, -0.15) is 5.10 Å². The van der Waals surface area contributed by atoms with Crippen molar-refractivity contribution in [2.24, 2.45) is 0 Å². The molecule has 1 heterocycles. The highest BCUT2D eigenvalue weighted by Crippen LogP contribution is 2.15. The quantitative estimate of drug-likeness (QED) is 0.758. The van der Waals surface area contributed by atoms with E-state index in [2.05, 4.69) is 10.4 Å². The highest BCUT2D eigenvalue weighted by atomic mass is 16.5. The lowest BCUT2D eigenvalue weighted by Gasteiger charge is -2.14. The molecule has 2 rings (SSSR count). The van der Waals surface area contributed by atoms with Gasteiger partial charge in [-0.25, -0.2) is 9.48 Å². The summed E-state index contributed by atoms with van der Waals surface area (Å²) in [5.74, 6) is -0.589. The van der Waals surface area contributed by atoms with Crippen molar-refractivity contribution in [2.75, 3.05) is 12.4 Å². The van der Waals surface area contributed by atoms with E-state index in [1.807, 2.05) is 6.92 Å². The first-order valence-corrected chi connectivity index (χ1v) is 8.18. The van der Waals surface area contributed by atoms with Crippen molar-refractivity contribution < 1.29 is 19.1 Å². The zero-order valence-corrected chi connectivity index (χ0v) is 14.9. The van der Waals surface area contributed by atoms with E-state index in [-0.39, 0.29) is 11.3 Å². The van der Waals surface area contributed by atoms with Crippen LogP contribution in [0.4, 0.5) is 5.69 Å². The van der Waals surface area contributed by atoms with Crippen LogP contribution in [0, 0.1) is 0 Å². The Morgan fingerprint density at radius 2 is 1.88 bits per heavy atom. The number of nitrogens with zero attached hydrogens (tertiary/aromatic N) is 2. The highest BCUT2D eigenvalue weighted by Gasteiger charge is 2.20. The second-order valence-corrected chi connectivity index (χ2v) is 5.55. The largest absolute Gasteiger partial charge is 0.497 e. The Bertz CT molecular complexity index is 829. The fourth-order valence-electron chi connectivity index (χ4n) is 2.12. The number of aryl methyl sites for hydroxylation is 1. The predicted molar refractivity (Wildman–Crippen MR) is 95.3 cm³/mol. The Balaban J connectivity index is 2.00. The number of methoxy groups -OCH3 is 1. The van der Waals surface area contributed by atoms with Gasteiger partial charge < -0.3 is 14.8 Å². The molecule has 0 aliphatic heterocycles. The molecular formula is C18H21N3O5. The third-order valence-electron chi connectivity index (χ3n) is 3.52. The highest BCUT2D eigenvalue weighted by molar-refractivity contribution is 5.96. The first-order chi connectivity index (χ1) is 12.4. The van der Waals surface area contributed by atoms with Crippen LogP contribution in [0.3, 0.4) is 0 Å². The summed E-state index contributed by atoms with van der Waals surface area (Å²) in [6.07, 6.45) is -0.329. The minimum absolute atomic E-state index is 0.0258. The molecule has 138 valence electrons. The number of amides is 1. The van der Waals surface area contributed by atoms with Crippen molar-refractivity contribution in [3.8, 4) is 5.75 Å². The molecular weight excluding hydrogens is 338 g/mol. The lowest BCUT2D eigenvalue weighted by atomic mass is 10.3. The summed E-state index contributed by atoms with van der Waals surface area (Å²) in [5.41, 5.74) is 0.226. The van der Waals surface area contributed by atoms with E-state index in [0.717, 1.165) is 0 Å². The topological polar surface area (TPSA) is 99.5 Å². The van der Waals surface area contributed by atoms with E-state index in [1.165, 1.54) is 23.7 Å². The fraction of sp³-hybridized carbons (Fsp3) is 0.333. The lowest BCUT2D eigenvalue weighted by molar-refractivity contribution is -0.123. The second kappa shape index (κ2) is 8.80. The van der Waals surface area contributed by atoms with Crippen LogP contribution in [0.1, 0.15) is 30.8 Å². The zero-order chi connectivity index (χ0) is 19.1. The minimum atomic E-state index is -1.03. The number of aromatic nitrogens is 2. The Hall–Kier alpha value is -3.16. The van der Waals surface area contributed by atoms with Gasteiger partial charge in [0.1, 0.15) is 5.75 Å². The molecule has 1 amide bonds. The molecule has 0 bridgehead atoms. The van der Waals surface area contributed by atoms with Crippen LogP contribution in [0.2, 0.25) is 0 Å². The molecule has 1 aromatic heterocycles. The Labute approximate surface area is 150 Å². The molecule has 0 saturated heterocycles. The van der Waals surface area contributed by atoms with Gasteiger partial charge in [0.05, 0.1) is 7.11 Å². The summed E-state index contributed by atoms with van der Waals surface area (Å²) in [5, 5.41) is 6.60. The van der Waals surface area contributed by atoms with Crippen LogP contribution in [0.25, 0.3) is 0 Å². The van der Waals surface area contributed by atoms with Crippen LogP contribution < -0.4 is 15.6 Å². The average Bonchev–Trinajstić information content (AvgIpc) is 2.64. The van der Waals surface area contributed by atoms with E-state index >= 15 is 0 Å². The van der Waals surface area contributed by atoms with Gasteiger partial charge in [-0.15, -0.1) is 0 Å². The molecule has 0 radical (unpaired) electrons. The van der Waals surface area contributed by atoms with Gasteiger partial charge in [0.25, 0.3) is 11.5 Å². The van der Waals surface area contributed by atoms with Crippen molar-refractivity contribution in [1.29, 1.82) is 0 Å². The number of anilines is 1. The maximum absolute atomic E-state index is 12.2. The molecule has 0 aliphatic carbocycles. The lowest BCUT2D eigenvalue weighted by Crippen LogP contribution is -2.31. The summed E-state index contributed by atoms with van der Waals surface area (Å²) in [4.78, 5) is 36.0. The maximum Gasteiger partial charge on any atom is 0.359 e. The molecule has 0 aliphatic rings. The third-order valence-corrected chi connectivity index (χ3v) is 3.52. The third kappa shape index (κ3) is 4.92. The van der Waals surface area contributed by atoms with Crippen molar-refractivity contribution >= 4 is 17.6 Å². The number of hydrogen-bond donors (Lipinski definition) is 1. The van der Waals surface area contributed by atoms with Gasteiger partial charge in [-0.3, -0.25) is 9.59 Å². The molecule has 1 atom stereocenters. The van der Waals surface area contributed by atoms with Gasteiger partial charge in [0.15, 0.2) is 11.8 Å². The first kappa shape index (κ1) is 19.2. The number of ether oxygens (including phenoxy) is 2. The summed E-state index contributed by atoms with van der Waals surface area (Å²) in [6, 6.07) is 9.29. The second-order valence-electron chi connectivity index (χ2n) is 5.55. The minimum Gasteiger partial charge on any atom is -0.497 e. The average molecular weight is 359 g/mol. The van der Waals surface area contributed by atoms with Crippen LogP contribution in [-0.2, 0) is 16.1 Å². The molecule has 0 fully saturated rings. The smallest absolute Gasteiger partial charge is 0.359 e. The van der Waals surface area contributed by atoms with Crippen molar-refractivity contribution in [1.82, 2.24) is 9.78 Å². The molecule has 1 N–H and O–H groups in total. The van der Waals surface area contributed by atoms with Gasteiger partial charge in [0.2, 0.25) is 0 Å². The van der Waals surface area contributed by atoms with Crippen molar-refractivity contribution in [3.63, 3.8) is 0 Å². The van der Waals surface area contributed by atoms with Gasteiger partial charge in [-0.05, 0) is 43.7 Å². The number of esters is 1. The monoisotopic (exact) mass is 359 g/mol. The number of carbonyl (C=O) groups is 2. The number of benzene rings is 1.